The first-order valence-corrected chi connectivity index (χ1v) is 11.1. The molecule has 2 aliphatic carbocycles. The van der Waals surface area contributed by atoms with E-state index in [2.05, 4.69) is 91.0 Å². The molecule has 2 aliphatic rings. The van der Waals surface area contributed by atoms with Crippen molar-refractivity contribution in [3.63, 3.8) is 0 Å². The number of hydrogen-bond donors (Lipinski definition) is 1. The molecule has 1 fully saturated rings. The van der Waals surface area contributed by atoms with E-state index in [-0.39, 0.29) is 0 Å². The van der Waals surface area contributed by atoms with Crippen molar-refractivity contribution in [1.29, 1.82) is 0 Å². The SMILES string of the molecule is C/C=C(\c1ccccc1)N(/N=C(\C)CNC1CCCCCC1)C1=CC=CCC=C1. The zero-order chi connectivity index (χ0) is 20.3. The third-order valence-electron chi connectivity index (χ3n) is 5.55. The van der Waals surface area contributed by atoms with Gasteiger partial charge in [-0.1, -0.05) is 80.3 Å². The summed E-state index contributed by atoms with van der Waals surface area (Å²) >= 11 is 0. The Balaban J connectivity index is 1.81. The van der Waals surface area contributed by atoms with Crippen molar-refractivity contribution in [1.82, 2.24) is 10.3 Å². The van der Waals surface area contributed by atoms with Gasteiger partial charge >= 0.3 is 0 Å². The van der Waals surface area contributed by atoms with Gasteiger partial charge in [0.05, 0.1) is 11.4 Å². The zero-order valence-electron chi connectivity index (χ0n) is 18.0. The Morgan fingerprint density at radius 1 is 1.10 bits per heavy atom. The Morgan fingerprint density at radius 2 is 1.86 bits per heavy atom. The van der Waals surface area contributed by atoms with Crippen LogP contribution in [0.4, 0.5) is 0 Å². The van der Waals surface area contributed by atoms with Crippen LogP contribution in [0.15, 0.2) is 77.6 Å². The maximum Gasteiger partial charge on any atom is 0.0682 e. The summed E-state index contributed by atoms with van der Waals surface area (Å²) < 4.78 is 0. The Morgan fingerprint density at radius 3 is 2.59 bits per heavy atom. The van der Waals surface area contributed by atoms with Crippen LogP contribution in [0.2, 0.25) is 0 Å². The van der Waals surface area contributed by atoms with Gasteiger partial charge in [0.1, 0.15) is 0 Å². The molecule has 29 heavy (non-hydrogen) atoms. The number of rotatable bonds is 7. The summed E-state index contributed by atoms with van der Waals surface area (Å²) in [5.74, 6) is 0. The van der Waals surface area contributed by atoms with Gasteiger partial charge < -0.3 is 5.32 Å². The molecular weight excluding hydrogens is 354 g/mol. The van der Waals surface area contributed by atoms with Crippen LogP contribution in [0.5, 0.6) is 0 Å². The maximum atomic E-state index is 5.06. The first-order valence-electron chi connectivity index (χ1n) is 11.1. The smallest absolute Gasteiger partial charge is 0.0682 e. The van der Waals surface area contributed by atoms with E-state index < -0.39 is 0 Å². The van der Waals surface area contributed by atoms with Crippen molar-refractivity contribution in [2.75, 3.05) is 6.54 Å². The third kappa shape index (κ3) is 6.57. The van der Waals surface area contributed by atoms with E-state index in [1.54, 1.807) is 0 Å². The maximum absolute atomic E-state index is 5.06. The molecule has 0 heterocycles. The van der Waals surface area contributed by atoms with E-state index in [9.17, 15) is 0 Å². The average molecular weight is 390 g/mol. The monoisotopic (exact) mass is 389 g/mol. The Hall–Kier alpha value is -2.39. The van der Waals surface area contributed by atoms with Gasteiger partial charge in [-0.2, -0.15) is 5.10 Å². The topological polar surface area (TPSA) is 27.6 Å². The number of hydrazone groups is 1. The molecule has 3 nitrogen and oxygen atoms in total. The molecule has 0 aliphatic heterocycles. The molecule has 3 rings (SSSR count). The van der Waals surface area contributed by atoms with Crippen LogP contribution in [0.1, 0.15) is 64.4 Å². The number of allylic oxidation sites excluding steroid dienone is 6. The number of hydrogen-bond acceptors (Lipinski definition) is 3. The highest BCUT2D eigenvalue weighted by atomic mass is 15.5. The summed E-state index contributed by atoms with van der Waals surface area (Å²) in [5, 5.41) is 10.9. The van der Waals surface area contributed by atoms with E-state index in [1.807, 2.05) is 0 Å². The van der Waals surface area contributed by atoms with Crippen molar-refractivity contribution < 1.29 is 0 Å². The summed E-state index contributed by atoms with van der Waals surface area (Å²) in [6.45, 7) is 5.05. The fraction of sp³-hybridized carbons (Fsp3) is 0.423. The van der Waals surface area contributed by atoms with Crippen molar-refractivity contribution >= 4 is 11.4 Å². The van der Waals surface area contributed by atoms with Gasteiger partial charge in [0.2, 0.25) is 0 Å². The lowest BCUT2D eigenvalue weighted by molar-refractivity contribution is 0.481. The molecule has 0 bridgehead atoms. The third-order valence-corrected chi connectivity index (χ3v) is 5.55. The van der Waals surface area contributed by atoms with Gasteiger partial charge in [-0.05, 0) is 50.8 Å². The van der Waals surface area contributed by atoms with Crippen LogP contribution in [-0.2, 0) is 0 Å². The molecule has 0 amide bonds. The van der Waals surface area contributed by atoms with Gasteiger partial charge in [0.25, 0.3) is 0 Å². The second kappa shape index (κ2) is 11.6. The quantitative estimate of drug-likeness (QED) is 0.330. The summed E-state index contributed by atoms with van der Waals surface area (Å²) in [5.41, 5.74) is 4.47. The molecule has 1 aromatic rings. The lowest BCUT2D eigenvalue weighted by Crippen LogP contribution is -2.33. The van der Waals surface area contributed by atoms with E-state index in [4.69, 9.17) is 5.10 Å². The van der Waals surface area contributed by atoms with Crippen LogP contribution in [-0.4, -0.2) is 23.3 Å². The number of nitrogens with one attached hydrogen (secondary N) is 1. The standard InChI is InChI=1S/C26H35N3/c1-3-26(23-15-9-8-10-16-23)29(25-19-13-6-7-14-20-25)28-22(2)21-27-24-17-11-4-5-12-18-24/h3,6,8-10,13-16,19-20,24,27H,4-5,7,11-12,17-18,21H2,1-2H3/b26-3+,28-22+. The fourth-order valence-corrected chi connectivity index (χ4v) is 3.96. The van der Waals surface area contributed by atoms with Gasteiger partial charge in [-0.15, -0.1) is 0 Å². The number of benzene rings is 1. The second-order valence-corrected chi connectivity index (χ2v) is 7.91. The Kier molecular flexibility index (Phi) is 8.51. The van der Waals surface area contributed by atoms with Crippen LogP contribution in [0.3, 0.4) is 0 Å². The summed E-state index contributed by atoms with van der Waals surface area (Å²) in [6, 6.07) is 11.1. The Bertz CT molecular complexity index is 775. The van der Waals surface area contributed by atoms with Gasteiger partial charge in [-0.25, -0.2) is 5.01 Å². The highest BCUT2D eigenvalue weighted by molar-refractivity contribution is 5.84. The molecule has 154 valence electrons. The van der Waals surface area contributed by atoms with Gasteiger partial charge in [0, 0.05) is 18.3 Å². The highest BCUT2D eigenvalue weighted by Gasteiger charge is 2.16. The molecule has 0 spiro atoms. The Labute approximate surface area is 176 Å². The predicted octanol–water partition coefficient (Wildman–Crippen LogP) is 6.44. The first kappa shape index (κ1) is 21.3. The van der Waals surface area contributed by atoms with E-state index in [1.165, 1.54) is 44.1 Å². The van der Waals surface area contributed by atoms with Crippen LogP contribution in [0.25, 0.3) is 5.70 Å². The summed E-state index contributed by atoms with van der Waals surface area (Å²) in [6.07, 6.45) is 21.9. The molecule has 0 radical (unpaired) electrons. The minimum absolute atomic E-state index is 0.631. The molecule has 1 N–H and O–H groups in total. The molecule has 0 saturated heterocycles. The minimum Gasteiger partial charge on any atom is -0.309 e. The summed E-state index contributed by atoms with van der Waals surface area (Å²) in [4.78, 5) is 0. The first-order chi connectivity index (χ1) is 14.3. The molecule has 1 aromatic carbocycles. The van der Waals surface area contributed by atoms with Crippen molar-refractivity contribution in [3.05, 3.63) is 78.0 Å². The normalized spacial score (nSPS) is 18.9. The van der Waals surface area contributed by atoms with E-state index in [0.717, 1.165) is 30.1 Å². The van der Waals surface area contributed by atoms with Crippen LogP contribution >= 0.6 is 0 Å². The molecule has 1 saturated carbocycles. The van der Waals surface area contributed by atoms with Crippen LogP contribution < -0.4 is 5.32 Å². The van der Waals surface area contributed by atoms with E-state index >= 15 is 0 Å². The second-order valence-electron chi connectivity index (χ2n) is 7.91. The lowest BCUT2D eigenvalue weighted by Gasteiger charge is -2.25. The average Bonchev–Trinajstić information content (AvgIpc) is 3.18. The van der Waals surface area contributed by atoms with Crippen molar-refractivity contribution in [2.24, 2.45) is 5.10 Å². The molecule has 0 atom stereocenters. The van der Waals surface area contributed by atoms with Crippen molar-refractivity contribution in [3.8, 4) is 0 Å². The minimum atomic E-state index is 0.631. The van der Waals surface area contributed by atoms with Crippen molar-refractivity contribution in [2.45, 2.75) is 64.8 Å². The number of nitrogens with zero attached hydrogens (tertiary/aromatic N) is 2. The summed E-state index contributed by atoms with van der Waals surface area (Å²) in [7, 11) is 0. The fourth-order valence-electron chi connectivity index (χ4n) is 3.96. The largest absolute Gasteiger partial charge is 0.309 e. The van der Waals surface area contributed by atoms with Crippen LogP contribution in [0, 0.1) is 0 Å². The molecular formula is C26H35N3. The molecule has 0 aromatic heterocycles. The molecule has 3 heteroatoms. The molecule has 0 unspecified atom stereocenters. The predicted molar refractivity (Wildman–Crippen MR) is 126 cm³/mol. The van der Waals surface area contributed by atoms with Gasteiger partial charge in [-0.3, -0.25) is 0 Å². The zero-order valence-corrected chi connectivity index (χ0v) is 18.0. The van der Waals surface area contributed by atoms with Gasteiger partial charge in [0.15, 0.2) is 0 Å². The lowest BCUT2D eigenvalue weighted by atomic mass is 10.1. The van der Waals surface area contributed by atoms with E-state index in [0.29, 0.717) is 6.04 Å². The highest BCUT2D eigenvalue weighted by Crippen LogP contribution is 2.26.